The summed E-state index contributed by atoms with van der Waals surface area (Å²) in [6.07, 6.45) is 5.08. The predicted octanol–water partition coefficient (Wildman–Crippen LogP) is 0.573. The third kappa shape index (κ3) is 4.94. The molecular formula is C12H25N3O. The van der Waals surface area contributed by atoms with Crippen LogP contribution in [0, 0.1) is 5.92 Å². The highest BCUT2D eigenvalue weighted by Gasteiger charge is 2.11. The average Bonchev–Trinajstić information content (AvgIpc) is 2.34. The molecule has 0 spiro atoms. The normalized spacial score (nSPS) is 19.4. The lowest BCUT2D eigenvalue weighted by atomic mass is 10.1. The van der Waals surface area contributed by atoms with Crippen LogP contribution in [0.2, 0.25) is 0 Å². The van der Waals surface area contributed by atoms with Crippen molar-refractivity contribution in [2.24, 2.45) is 11.7 Å². The second-order valence-corrected chi connectivity index (χ2v) is 4.68. The highest BCUT2D eigenvalue weighted by molar-refractivity contribution is 5.78. The molecule has 4 nitrogen and oxygen atoms in total. The monoisotopic (exact) mass is 227 g/mol. The molecule has 0 aliphatic carbocycles. The van der Waals surface area contributed by atoms with E-state index in [1.165, 1.54) is 32.4 Å². The van der Waals surface area contributed by atoms with E-state index in [-0.39, 0.29) is 11.8 Å². The molecule has 4 heteroatoms. The molecule has 0 bridgehead atoms. The standard InChI is InChI=1S/C12H25N3O/c1-11(10-13)12(16)14-6-5-9-15-7-3-2-4-8-15/h11H,2-10,13H2,1H3,(H,14,16). The maximum Gasteiger partial charge on any atom is 0.224 e. The molecule has 94 valence electrons. The number of carbonyl (C=O) groups excluding carboxylic acids is 1. The van der Waals surface area contributed by atoms with E-state index in [1.54, 1.807) is 0 Å². The molecular weight excluding hydrogens is 202 g/mol. The van der Waals surface area contributed by atoms with Crippen molar-refractivity contribution >= 4 is 5.91 Å². The van der Waals surface area contributed by atoms with E-state index >= 15 is 0 Å². The van der Waals surface area contributed by atoms with Gasteiger partial charge >= 0.3 is 0 Å². The predicted molar refractivity (Wildman–Crippen MR) is 66.1 cm³/mol. The van der Waals surface area contributed by atoms with E-state index < -0.39 is 0 Å². The number of likely N-dealkylation sites (tertiary alicyclic amines) is 1. The summed E-state index contributed by atoms with van der Waals surface area (Å²) in [5.41, 5.74) is 5.43. The van der Waals surface area contributed by atoms with E-state index in [0.29, 0.717) is 6.54 Å². The van der Waals surface area contributed by atoms with Crippen molar-refractivity contribution in [3.63, 3.8) is 0 Å². The van der Waals surface area contributed by atoms with Gasteiger partial charge in [0.25, 0.3) is 0 Å². The van der Waals surface area contributed by atoms with E-state index in [2.05, 4.69) is 10.2 Å². The first-order chi connectivity index (χ1) is 7.74. The number of nitrogens with two attached hydrogens (primary N) is 1. The Morgan fingerprint density at radius 3 is 2.69 bits per heavy atom. The number of carbonyl (C=O) groups is 1. The van der Waals surface area contributed by atoms with Gasteiger partial charge in [-0.15, -0.1) is 0 Å². The van der Waals surface area contributed by atoms with Crippen LogP contribution in [0.1, 0.15) is 32.6 Å². The summed E-state index contributed by atoms with van der Waals surface area (Å²) in [6.45, 7) is 6.63. The van der Waals surface area contributed by atoms with Gasteiger partial charge in [0.05, 0.1) is 0 Å². The Morgan fingerprint density at radius 2 is 2.06 bits per heavy atom. The SMILES string of the molecule is CC(CN)C(=O)NCCCN1CCCCC1. The van der Waals surface area contributed by atoms with Crippen LogP contribution in [-0.4, -0.2) is 43.5 Å². The molecule has 1 atom stereocenters. The number of hydrogen-bond acceptors (Lipinski definition) is 3. The molecule has 1 aliphatic heterocycles. The van der Waals surface area contributed by atoms with Crippen molar-refractivity contribution < 1.29 is 4.79 Å². The quantitative estimate of drug-likeness (QED) is 0.652. The Hall–Kier alpha value is -0.610. The van der Waals surface area contributed by atoms with E-state index in [0.717, 1.165) is 19.5 Å². The van der Waals surface area contributed by atoms with Crippen molar-refractivity contribution in [2.75, 3.05) is 32.7 Å². The molecule has 16 heavy (non-hydrogen) atoms. The van der Waals surface area contributed by atoms with Gasteiger partial charge in [-0.05, 0) is 38.9 Å². The topological polar surface area (TPSA) is 58.4 Å². The van der Waals surface area contributed by atoms with Crippen LogP contribution in [0.4, 0.5) is 0 Å². The number of nitrogens with zero attached hydrogens (tertiary/aromatic N) is 1. The zero-order chi connectivity index (χ0) is 11.8. The smallest absolute Gasteiger partial charge is 0.224 e. The third-order valence-electron chi connectivity index (χ3n) is 3.20. The molecule has 1 aliphatic rings. The van der Waals surface area contributed by atoms with Gasteiger partial charge in [0.15, 0.2) is 0 Å². The van der Waals surface area contributed by atoms with Gasteiger partial charge in [-0.3, -0.25) is 4.79 Å². The van der Waals surface area contributed by atoms with Crippen molar-refractivity contribution in [3.8, 4) is 0 Å². The van der Waals surface area contributed by atoms with Crippen LogP contribution >= 0.6 is 0 Å². The molecule has 0 radical (unpaired) electrons. The van der Waals surface area contributed by atoms with Gasteiger partial charge in [-0.2, -0.15) is 0 Å². The summed E-state index contributed by atoms with van der Waals surface area (Å²) < 4.78 is 0. The second-order valence-electron chi connectivity index (χ2n) is 4.68. The van der Waals surface area contributed by atoms with Crippen LogP contribution < -0.4 is 11.1 Å². The van der Waals surface area contributed by atoms with Crippen LogP contribution in [-0.2, 0) is 4.79 Å². The Bertz CT molecular complexity index is 202. The minimum atomic E-state index is -0.0602. The van der Waals surface area contributed by atoms with Gasteiger partial charge < -0.3 is 16.0 Å². The van der Waals surface area contributed by atoms with Crippen LogP contribution in [0.3, 0.4) is 0 Å². The van der Waals surface area contributed by atoms with Crippen LogP contribution in [0.5, 0.6) is 0 Å². The van der Waals surface area contributed by atoms with Gasteiger partial charge in [0.1, 0.15) is 0 Å². The van der Waals surface area contributed by atoms with Crippen molar-refractivity contribution in [1.29, 1.82) is 0 Å². The fraction of sp³-hybridized carbons (Fsp3) is 0.917. The van der Waals surface area contributed by atoms with E-state index in [1.807, 2.05) is 6.92 Å². The summed E-state index contributed by atoms with van der Waals surface area (Å²) in [7, 11) is 0. The molecule has 0 aromatic carbocycles. The first kappa shape index (κ1) is 13.5. The fourth-order valence-electron chi connectivity index (χ4n) is 1.98. The highest BCUT2D eigenvalue weighted by Crippen LogP contribution is 2.08. The number of nitrogens with one attached hydrogen (secondary N) is 1. The minimum absolute atomic E-state index is 0.0602. The third-order valence-corrected chi connectivity index (χ3v) is 3.20. The van der Waals surface area contributed by atoms with Crippen molar-refractivity contribution in [1.82, 2.24) is 10.2 Å². The number of hydrogen-bond donors (Lipinski definition) is 2. The molecule has 1 fully saturated rings. The van der Waals surface area contributed by atoms with E-state index in [9.17, 15) is 4.79 Å². The van der Waals surface area contributed by atoms with Gasteiger partial charge in [-0.25, -0.2) is 0 Å². The molecule has 1 unspecified atom stereocenters. The maximum absolute atomic E-state index is 11.4. The van der Waals surface area contributed by atoms with Crippen LogP contribution in [0.25, 0.3) is 0 Å². The lowest BCUT2D eigenvalue weighted by Gasteiger charge is -2.26. The molecule has 0 aromatic rings. The molecule has 0 aromatic heterocycles. The van der Waals surface area contributed by atoms with Gasteiger partial charge in [-0.1, -0.05) is 13.3 Å². The Balaban J connectivity index is 2.00. The van der Waals surface area contributed by atoms with E-state index in [4.69, 9.17) is 5.73 Å². The second kappa shape index (κ2) is 7.63. The molecule has 1 heterocycles. The van der Waals surface area contributed by atoms with Crippen molar-refractivity contribution in [2.45, 2.75) is 32.6 Å². The first-order valence-electron chi connectivity index (χ1n) is 6.44. The van der Waals surface area contributed by atoms with Gasteiger partial charge in [0, 0.05) is 19.0 Å². The summed E-state index contributed by atoms with van der Waals surface area (Å²) in [6, 6.07) is 0. The first-order valence-corrected chi connectivity index (χ1v) is 6.44. The zero-order valence-electron chi connectivity index (χ0n) is 10.4. The van der Waals surface area contributed by atoms with Gasteiger partial charge in [0.2, 0.25) is 5.91 Å². The average molecular weight is 227 g/mol. The summed E-state index contributed by atoms with van der Waals surface area (Å²) >= 11 is 0. The maximum atomic E-state index is 11.4. The molecule has 1 amide bonds. The molecule has 1 rings (SSSR count). The molecule has 0 saturated carbocycles. The lowest BCUT2D eigenvalue weighted by molar-refractivity contribution is -0.124. The Kier molecular flexibility index (Phi) is 6.42. The largest absolute Gasteiger partial charge is 0.356 e. The highest BCUT2D eigenvalue weighted by atomic mass is 16.1. The Morgan fingerprint density at radius 1 is 1.38 bits per heavy atom. The number of piperidine rings is 1. The summed E-state index contributed by atoms with van der Waals surface area (Å²) in [4.78, 5) is 13.9. The minimum Gasteiger partial charge on any atom is -0.356 e. The lowest BCUT2D eigenvalue weighted by Crippen LogP contribution is -2.36. The fourth-order valence-corrected chi connectivity index (χ4v) is 1.98. The van der Waals surface area contributed by atoms with Crippen molar-refractivity contribution in [3.05, 3.63) is 0 Å². The molecule has 3 N–H and O–H groups in total. The zero-order valence-corrected chi connectivity index (χ0v) is 10.4. The summed E-state index contributed by atoms with van der Waals surface area (Å²) in [5.74, 6) is 0.0242. The summed E-state index contributed by atoms with van der Waals surface area (Å²) in [5, 5.41) is 2.93. The molecule has 1 saturated heterocycles. The number of rotatable bonds is 6. The Labute approximate surface area is 98.6 Å². The number of amides is 1. The van der Waals surface area contributed by atoms with Crippen LogP contribution in [0.15, 0.2) is 0 Å².